The maximum absolute atomic E-state index is 12.9. The molecule has 0 aliphatic carbocycles. The number of amides is 1. The zero-order chi connectivity index (χ0) is 14.5. The lowest BCUT2D eigenvalue weighted by Gasteiger charge is -2.13. The van der Waals surface area contributed by atoms with Crippen LogP contribution >= 0.6 is 11.3 Å². The van der Waals surface area contributed by atoms with Crippen LogP contribution in [0, 0.1) is 17.1 Å². The van der Waals surface area contributed by atoms with E-state index >= 15 is 0 Å². The third kappa shape index (κ3) is 3.19. The Morgan fingerprint density at radius 2 is 2.15 bits per heavy atom. The van der Waals surface area contributed by atoms with E-state index in [4.69, 9.17) is 5.26 Å². The Morgan fingerprint density at radius 1 is 1.45 bits per heavy atom. The maximum Gasteiger partial charge on any atom is 0.273 e. The Bertz CT molecular complexity index is 645. The molecule has 102 valence electrons. The molecular weight excluding hydrogens is 277 g/mol. The molecule has 6 heteroatoms. The number of halogens is 1. The van der Waals surface area contributed by atoms with E-state index in [0.717, 1.165) is 5.56 Å². The van der Waals surface area contributed by atoms with Crippen LogP contribution < -0.4 is 0 Å². The molecule has 0 bridgehead atoms. The van der Waals surface area contributed by atoms with Crippen LogP contribution in [-0.4, -0.2) is 29.4 Å². The molecule has 0 aliphatic heterocycles. The van der Waals surface area contributed by atoms with Crippen molar-refractivity contribution in [3.8, 4) is 16.6 Å². The Hall–Kier alpha value is -2.26. The van der Waals surface area contributed by atoms with Crippen LogP contribution in [0.4, 0.5) is 4.39 Å². The molecule has 2 aromatic rings. The Balaban J connectivity index is 2.14. The quantitative estimate of drug-likeness (QED) is 0.869. The average molecular weight is 289 g/mol. The summed E-state index contributed by atoms with van der Waals surface area (Å²) in [5, 5.41) is 10.8. The van der Waals surface area contributed by atoms with Crippen molar-refractivity contribution in [1.29, 1.82) is 5.26 Å². The van der Waals surface area contributed by atoms with E-state index in [1.54, 1.807) is 24.6 Å². The topological polar surface area (TPSA) is 57.0 Å². The van der Waals surface area contributed by atoms with E-state index in [9.17, 15) is 9.18 Å². The maximum atomic E-state index is 12.9. The van der Waals surface area contributed by atoms with Gasteiger partial charge in [0.15, 0.2) is 0 Å². The fourth-order valence-corrected chi connectivity index (χ4v) is 2.41. The van der Waals surface area contributed by atoms with Crippen LogP contribution in [0.1, 0.15) is 16.9 Å². The minimum absolute atomic E-state index is 0.218. The van der Waals surface area contributed by atoms with Crippen LogP contribution in [-0.2, 0) is 0 Å². The second-order valence-electron chi connectivity index (χ2n) is 4.18. The summed E-state index contributed by atoms with van der Waals surface area (Å²) >= 11 is 1.33. The summed E-state index contributed by atoms with van der Waals surface area (Å²) < 4.78 is 12.9. The Labute approximate surface area is 120 Å². The molecule has 2 rings (SSSR count). The predicted molar refractivity (Wildman–Crippen MR) is 74.7 cm³/mol. The first-order valence-electron chi connectivity index (χ1n) is 5.95. The molecule has 1 aromatic carbocycles. The van der Waals surface area contributed by atoms with Crippen molar-refractivity contribution in [1.82, 2.24) is 9.88 Å². The summed E-state index contributed by atoms with van der Waals surface area (Å²) in [5.74, 6) is -0.525. The predicted octanol–water partition coefficient (Wildman–Crippen LogP) is 2.93. The molecule has 0 unspecified atom stereocenters. The zero-order valence-electron chi connectivity index (χ0n) is 10.8. The third-order valence-electron chi connectivity index (χ3n) is 2.72. The number of nitrogens with zero attached hydrogens (tertiary/aromatic N) is 3. The Kier molecular flexibility index (Phi) is 4.43. The number of hydrogen-bond donors (Lipinski definition) is 0. The lowest BCUT2D eigenvalue weighted by atomic mass is 10.2. The van der Waals surface area contributed by atoms with Crippen LogP contribution in [0.2, 0.25) is 0 Å². The monoisotopic (exact) mass is 289 g/mol. The largest absolute Gasteiger partial charge is 0.339 e. The van der Waals surface area contributed by atoms with Gasteiger partial charge in [-0.05, 0) is 24.3 Å². The molecule has 0 aliphatic rings. The molecule has 1 amide bonds. The molecular formula is C14H12FN3OS. The Morgan fingerprint density at radius 3 is 2.80 bits per heavy atom. The van der Waals surface area contributed by atoms with Gasteiger partial charge in [-0.1, -0.05) is 0 Å². The molecule has 4 nitrogen and oxygen atoms in total. The standard InChI is InChI=1S/C14H12FN3OS/c1-18(8-2-7-16)14(19)12-9-20-13(17-12)10-3-5-11(15)6-4-10/h3-6,9H,2,8H2,1H3. The first kappa shape index (κ1) is 14.2. The van der Waals surface area contributed by atoms with Crippen molar-refractivity contribution in [2.75, 3.05) is 13.6 Å². The lowest BCUT2D eigenvalue weighted by Crippen LogP contribution is -2.27. The van der Waals surface area contributed by atoms with Gasteiger partial charge in [-0.15, -0.1) is 11.3 Å². The van der Waals surface area contributed by atoms with Crippen LogP contribution in [0.5, 0.6) is 0 Å². The van der Waals surface area contributed by atoms with Crippen molar-refractivity contribution >= 4 is 17.2 Å². The van der Waals surface area contributed by atoms with Gasteiger partial charge in [0.05, 0.1) is 12.5 Å². The SMILES string of the molecule is CN(CCC#N)C(=O)c1csc(-c2ccc(F)cc2)n1. The zero-order valence-corrected chi connectivity index (χ0v) is 11.7. The van der Waals surface area contributed by atoms with Crippen LogP contribution in [0.25, 0.3) is 10.6 Å². The number of benzene rings is 1. The van der Waals surface area contributed by atoms with Crippen molar-refractivity contribution in [3.63, 3.8) is 0 Å². The highest BCUT2D eigenvalue weighted by molar-refractivity contribution is 7.13. The van der Waals surface area contributed by atoms with E-state index in [2.05, 4.69) is 4.98 Å². The number of thiazole rings is 1. The number of carbonyl (C=O) groups excluding carboxylic acids is 1. The van der Waals surface area contributed by atoms with Gasteiger partial charge in [0.2, 0.25) is 0 Å². The van der Waals surface area contributed by atoms with Gasteiger partial charge in [0.25, 0.3) is 5.91 Å². The van der Waals surface area contributed by atoms with Crippen LogP contribution in [0.15, 0.2) is 29.6 Å². The summed E-state index contributed by atoms with van der Waals surface area (Å²) in [6.45, 7) is 0.374. The van der Waals surface area contributed by atoms with Gasteiger partial charge < -0.3 is 4.90 Å². The van der Waals surface area contributed by atoms with Gasteiger partial charge in [-0.25, -0.2) is 9.37 Å². The van der Waals surface area contributed by atoms with Crippen molar-refractivity contribution in [3.05, 3.63) is 41.2 Å². The normalized spacial score (nSPS) is 10.1. The van der Waals surface area contributed by atoms with Gasteiger partial charge in [0, 0.05) is 24.5 Å². The number of rotatable bonds is 4. The molecule has 0 spiro atoms. The van der Waals surface area contributed by atoms with Crippen LogP contribution in [0.3, 0.4) is 0 Å². The highest BCUT2D eigenvalue weighted by Gasteiger charge is 2.15. The second-order valence-corrected chi connectivity index (χ2v) is 5.04. The third-order valence-corrected chi connectivity index (χ3v) is 3.61. The molecule has 0 fully saturated rings. The number of carbonyl (C=O) groups is 1. The van der Waals surface area contributed by atoms with E-state index < -0.39 is 0 Å². The number of hydrogen-bond acceptors (Lipinski definition) is 4. The molecule has 0 saturated heterocycles. The summed E-state index contributed by atoms with van der Waals surface area (Å²) in [6, 6.07) is 7.96. The van der Waals surface area contributed by atoms with Crippen molar-refractivity contribution in [2.24, 2.45) is 0 Å². The van der Waals surface area contributed by atoms with Crippen molar-refractivity contribution < 1.29 is 9.18 Å². The molecule has 0 atom stereocenters. The average Bonchev–Trinajstić information content (AvgIpc) is 2.94. The molecule has 1 aromatic heterocycles. The minimum Gasteiger partial charge on any atom is -0.339 e. The number of nitriles is 1. The van der Waals surface area contributed by atoms with Crippen molar-refractivity contribution in [2.45, 2.75) is 6.42 Å². The fourth-order valence-electron chi connectivity index (χ4n) is 1.61. The summed E-state index contributed by atoms with van der Waals surface area (Å²) in [7, 11) is 1.64. The smallest absolute Gasteiger partial charge is 0.273 e. The molecule has 20 heavy (non-hydrogen) atoms. The molecule has 0 N–H and O–H groups in total. The van der Waals surface area contributed by atoms with Gasteiger partial charge in [0.1, 0.15) is 16.5 Å². The summed E-state index contributed by atoms with van der Waals surface area (Å²) in [5.41, 5.74) is 1.12. The fraction of sp³-hybridized carbons (Fsp3) is 0.214. The van der Waals surface area contributed by atoms with E-state index in [0.29, 0.717) is 17.2 Å². The van der Waals surface area contributed by atoms with E-state index in [1.165, 1.54) is 28.4 Å². The lowest BCUT2D eigenvalue weighted by molar-refractivity contribution is 0.0793. The summed E-state index contributed by atoms with van der Waals surface area (Å²) in [6.07, 6.45) is 0.289. The summed E-state index contributed by atoms with van der Waals surface area (Å²) in [4.78, 5) is 17.8. The molecule has 0 saturated carbocycles. The first-order chi connectivity index (χ1) is 9.61. The highest BCUT2D eigenvalue weighted by Crippen LogP contribution is 2.24. The van der Waals surface area contributed by atoms with Gasteiger partial charge >= 0.3 is 0 Å². The first-order valence-corrected chi connectivity index (χ1v) is 6.83. The number of aromatic nitrogens is 1. The highest BCUT2D eigenvalue weighted by atomic mass is 32.1. The van der Waals surface area contributed by atoms with E-state index in [1.807, 2.05) is 6.07 Å². The second kappa shape index (κ2) is 6.26. The minimum atomic E-state index is -0.308. The molecule has 0 radical (unpaired) electrons. The van der Waals surface area contributed by atoms with E-state index in [-0.39, 0.29) is 18.1 Å². The van der Waals surface area contributed by atoms with Gasteiger partial charge in [-0.3, -0.25) is 4.79 Å². The van der Waals surface area contributed by atoms with Gasteiger partial charge in [-0.2, -0.15) is 5.26 Å². The molecule has 1 heterocycles.